The second kappa shape index (κ2) is 9.46. The fraction of sp³-hybridized carbons (Fsp3) is 0.308. The molecule has 0 saturated carbocycles. The van der Waals surface area contributed by atoms with Crippen LogP contribution in [0, 0.1) is 6.92 Å². The van der Waals surface area contributed by atoms with Crippen LogP contribution < -0.4 is 9.62 Å². The van der Waals surface area contributed by atoms with Crippen molar-refractivity contribution in [2.75, 3.05) is 17.9 Å². The first-order valence-corrected chi connectivity index (χ1v) is 12.8. The first kappa shape index (κ1) is 23.8. The summed E-state index contributed by atoms with van der Waals surface area (Å²) < 4.78 is 27.7. The summed E-state index contributed by atoms with van der Waals surface area (Å²) in [6, 6.07) is 17.9. The van der Waals surface area contributed by atoms with Gasteiger partial charge < -0.3 is 10.2 Å². The third-order valence-corrected chi connectivity index (χ3v) is 8.30. The van der Waals surface area contributed by atoms with Gasteiger partial charge in [-0.05, 0) is 48.9 Å². The Balaban J connectivity index is 1.51. The number of sulfonamides is 1. The highest BCUT2D eigenvalue weighted by Crippen LogP contribution is 2.42. The molecule has 0 radical (unpaired) electrons. The molecule has 178 valence electrons. The number of carbonyl (C=O) groups excluding carboxylic acids is 2. The van der Waals surface area contributed by atoms with Crippen LogP contribution in [0.15, 0.2) is 65.6 Å². The lowest BCUT2D eigenvalue weighted by Crippen LogP contribution is -2.47. The molecule has 0 bridgehead atoms. The second-order valence-corrected chi connectivity index (χ2v) is 10.4. The van der Waals surface area contributed by atoms with Crippen molar-refractivity contribution in [1.29, 1.82) is 0 Å². The average Bonchev–Trinajstić information content (AvgIpc) is 3.05. The van der Waals surface area contributed by atoms with Crippen LogP contribution in [-0.2, 0) is 26.2 Å². The summed E-state index contributed by atoms with van der Waals surface area (Å²) in [6.45, 7) is 4.18. The van der Waals surface area contributed by atoms with Gasteiger partial charge in [0.15, 0.2) is 0 Å². The van der Waals surface area contributed by atoms with Gasteiger partial charge in [0, 0.05) is 31.9 Å². The van der Waals surface area contributed by atoms with Gasteiger partial charge in [0.25, 0.3) is 10.0 Å². The van der Waals surface area contributed by atoms with Gasteiger partial charge in [0.05, 0.1) is 10.6 Å². The molecule has 1 atom stereocenters. The lowest BCUT2D eigenvalue weighted by atomic mass is 10.1. The predicted molar refractivity (Wildman–Crippen MR) is 133 cm³/mol. The molecule has 1 aliphatic heterocycles. The maximum atomic E-state index is 13.2. The van der Waals surface area contributed by atoms with Gasteiger partial charge in [-0.3, -0.25) is 13.9 Å². The van der Waals surface area contributed by atoms with Gasteiger partial charge in [-0.2, -0.15) is 0 Å². The number of anilines is 1. The topological polar surface area (TPSA) is 86.8 Å². The van der Waals surface area contributed by atoms with E-state index in [-0.39, 0.29) is 24.8 Å². The summed E-state index contributed by atoms with van der Waals surface area (Å²) in [6.07, 6.45) is 0.471. The Labute approximate surface area is 200 Å². The lowest BCUT2D eigenvalue weighted by Gasteiger charge is -2.29. The van der Waals surface area contributed by atoms with Crippen LogP contribution in [0.25, 0.3) is 10.8 Å². The van der Waals surface area contributed by atoms with Crippen molar-refractivity contribution in [2.24, 2.45) is 0 Å². The van der Waals surface area contributed by atoms with Crippen LogP contribution in [0.4, 0.5) is 5.69 Å². The predicted octanol–water partition coefficient (Wildman–Crippen LogP) is 3.60. The molecule has 0 aliphatic carbocycles. The zero-order valence-electron chi connectivity index (χ0n) is 19.6. The van der Waals surface area contributed by atoms with Crippen molar-refractivity contribution in [3.63, 3.8) is 0 Å². The SMILES string of the molecule is CNC(=O)[C@H](C)N(Cc1ccccc1C)C(=O)CCCN1c2cccc3cccc(c23)S1(=O)=O. The van der Waals surface area contributed by atoms with E-state index in [9.17, 15) is 18.0 Å². The third-order valence-electron chi connectivity index (χ3n) is 6.45. The van der Waals surface area contributed by atoms with E-state index in [1.165, 1.54) is 4.31 Å². The minimum atomic E-state index is -3.66. The molecule has 0 saturated heterocycles. The van der Waals surface area contributed by atoms with Crippen LogP contribution in [-0.4, -0.2) is 44.8 Å². The molecule has 2 amide bonds. The van der Waals surface area contributed by atoms with Gasteiger partial charge in [0.2, 0.25) is 11.8 Å². The molecular weight excluding hydrogens is 450 g/mol. The summed E-state index contributed by atoms with van der Waals surface area (Å²) in [5.74, 6) is -0.433. The number of hydrogen-bond acceptors (Lipinski definition) is 4. The number of nitrogens with one attached hydrogen (secondary N) is 1. The summed E-state index contributed by atoms with van der Waals surface area (Å²) >= 11 is 0. The van der Waals surface area contributed by atoms with Crippen LogP contribution >= 0.6 is 0 Å². The zero-order valence-corrected chi connectivity index (χ0v) is 20.4. The quantitative estimate of drug-likeness (QED) is 0.535. The molecule has 0 fully saturated rings. The zero-order chi connectivity index (χ0) is 24.5. The molecule has 0 aromatic heterocycles. The Bertz CT molecular complexity index is 1350. The summed E-state index contributed by atoms with van der Waals surface area (Å²) in [7, 11) is -2.11. The Hall–Kier alpha value is -3.39. The number of rotatable bonds is 8. The Morgan fingerprint density at radius 2 is 1.74 bits per heavy atom. The minimum Gasteiger partial charge on any atom is -0.357 e. The van der Waals surface area contributed by atoms with Crippen LogP contribution in [0.3, 0.4) is 0 Å². The largest absolute Gasteiger partial charge is 0.357 e. The normalized spacial score (nSPS) is 14.7. The number of benzene rings is 3. The molecule has 8 heteroatoms. The van der Waals surface area contributed by atoms with E-state index in [4.69, 9.17) is 0 Å². The maximum Gasteiger partial charge on any atom is 0.265 e. The second-order valence-electron chi connectivity index (χ2n) is 8.55. The first-order chi connectivity index (χ1) is 16.3. The van der Waals surface area contributed by atoms with E-state index in [2.05, 4.69) is 5.32 Å². The number of nitrogens with zero attached hydrogens (tertiary/aromatic N) is 2. The van der Waals surface area contributed by atoms with E-state index in [1.54, 1.807) is 37.1 Å². The average molecular weight is 480 g/mol. The van der Waals surface area contributed by atoms with E-state index in [1.807, 2.05) is 49.4 Å². The van der Waals surface area contributed by atoms with Crippen molar-refractivity contribution in [1.82, 2.24) is 10.2 Å². The van der Waals surface area contributed by atoms with E-state index >= 15 is 0 Å². The van der Waals surface area contributed by atoms with Gasteiger partial charge in [-0.25, -0.2) is 8.42 Å². The number of hydrogen-bond donors (Lipinski definition) is 1. The van der Waals surface area contributed by atoms with Crippen molar-refractivity contribution in [3.05, 3.63) is 71.8 Å². The van der Waals surface area contributed by atoms with Crippen molar-refractivity contribution >= 4 is 38.3 Å². The van der Waals surface area contributed by atoms with Gasteiger partial charge in [-0.15, -0.1) is 0 Å². The van der Waals surface area contributed by atoms with Crippen molar-refractivity contribution in [3.8, 4) is 0 Å². The molecule has 34 heavy (non-hydrogen) atoms. The summed E-state index contributed by atoms with van der Waals surface area (Å²) in [5.41, 5.74) is 2.66. The van der Waals surface area contributed by atoms with Gasteiger partial charge in [0.1, 0.15) is 6.04 Å². The highest BCUT2D eigenvalue weighted by molar-refractivity contribution is 7.93. The third kappa shape index (κ3) is 4.25. The van der Waals surface area contributed by atoms with Gasteiger partial charge >= 0.3 is 0 Å². The minimum absolute atomic E-state index is 0.131. The fourth-order valence-corrected chi connectivity index (χ4v) is 6.23. The van der Waals surface area contributed by atoms with Crippen molar-refractivity contribution < 1.29 is 18.0 Å². The molecule has 7 nitrogen and oxygen atoms in total. The highest BCUT2D eigenvalue weighted by Gasteiger charge is 2.35. The number of likely N-dealkylation sites (N-methyl/N-ethyl adjacent to an activating group) is 1. The monoisotopic (exact) mass is 479 g/mol. The van der Waals surface area contributed by atoms with Crippen LogP contribution in [0.2, 0.25) is 0 Å². The number of aryl methyl sites for hydroxylation is 1. The molecule has 0 spiro atoms. The smallest absolute Gasteiger partial charge is 0.265 e. The van der Waals surface area contributed by atoms with Crippen LogP contribution in [0.5, 0.6) is 0 Å². The molecular formula is C26H29N3O4S. The standard InChI is InChI=1S/C26H29N3O4S/c1-18-9-4-5-10-21(18)17-28(19(2)26(31)27-3)24(30)15-8-16-29-22-13-6-11-20-12-7-14-23(25(20)22)34(29,32)33/h4-7,9-14,19H,8,15-17H2,1-3H3,(H,27,31)/t19-/m0/s1. The molecule has 1 N–H and O–H groups in total. The molecule has 1 aliphatic rings. The van der Waals surface area contributed by atoms with Crippen LogP contribution in [0.1, 0.15) is 30.9 Å². The Morgan fingerprint density at radius 3 is 2.44 bits per heavy atom. The molecule has 1 heterocycles. The number of carbonyl (C=O) groups is 2. The highest BCUT2D eigenvalue weighted by atomic mass is 32.2. The summed E-state index contributed by atoms with van der Waals surface area (Å²) in [4.78, 5) is 27.5. The van der Waals surface area contributed by atoms with E-state index in [0.717, 1.165) is 21.9 Å². The maximum absolute atomic E-state index is 13.2. The molecule has 3 aromatic carbocycles. The molecule has 3 aromatic rings. The van der Waals surface area contributed by atoms with E-state index < -0.39 is 16.1 Å². The Morgan fingerprint density at radius 1 is 1.03 bits per heavy atom. The van der Waals surface area contributed by atoms with Crippen molar-refractivity contribution in [2.45, 2.75) is 44.2 Å². The fourth-order valence-electron chi connectivity index (χ4n) is 4.48. The molecule has 0 unspecified atom stereocenters. The number of amides is 2. The first-order valence-electron chi connectivity index (χ1n) is 11.4. The summed E-state index contributed by atoms with van der Waals surface area (Å²) in [5, 5.41) is 4.22. The van der Waals surface area contributed by atoms with E-state index in [0.29, 0.717) is 23.5 Å². The lowest BCUT2D eigenvalue weighted by molar-refractivity contribution is -0.140. The van der Waals surface area contributed by atoms with Gasteiger partial charge in [-0.1, -0.05) is 48.5 Å². The molecule has 4 rings (SSSR count). The Kier molecular flexibility index (Phi) is 6.61.